The Bertz CT molecular complexity index is 1000. The van der Waals surface area contributed by atoms with Crippen LogP contribution in [0, 0.1) is 12.7 Å². The SMILES string of the molecule is CN=C(NCc1cccc(S(=O)(=O)N2CCCCC2)c1)NCc1ccc(C)c(F)c1. The Balaban J connectivity index is 1.60. The summed E-state index contributed by atoms with van der Waals surface area (Å²) in [5.41, 5.74) is 2.27. The highest BCUT2D eigenvalue weighted by Crippen LogP contribution is 2.21. The highest BCUT2D eigenvalue weighted by atomic mass is 32.2. The van der Waals surface area contributed by atoms with Gasteiger partial charge in [0.05, 0.1) is 4.90 Å². The van der Waals surface area contributed by atoms with Gasteiger partial charge in [-0.05, 0) is 54.7 Å². The molecule has 6 nitrogen and oxygen atoms in total. The van der Waals surface area contributed by atoms with Crippen molar-refractivity contribution in [3.63, 3.8) is 0 Å². The van der Waals surface area contributed by atoms with Crippen molar-refractivity contribution in [1.29, 1.82) is 0 Å². The van der Waals surface area contributed by atoms with Crippen LogP contribution in [0.5, 0.6) is 0 Å². The summed E-state index contributed by atoms with van der Waals surface area (Å²) in [7, 11) is -1.80. The second kappa shape index (κ2) is 10.0. The number of benzene rings is 2. The number of nitrogens with zero attached hydrogens (tertiary/aromatic N) is 2. The minimum absolute atomic E-state index is 0.232. The predicted molar refractivity (Wildman–Crippen MR) is 117 cm³/mol. The molecule has 0 atom stereocenters. The lowest BCUT2D eigenvalue weighted by Crippen LogP contribution is -2.36. The minimum atomic E-state index is -3.46. The maximum absolute atomic E-state index is 13.7. The third-order valence-corrected chi connectivity index (χ3v) is 7.13. The number of halogens is 1. The van der Waals surface area contributed by atoms with E-state index in [1.165, 1.54) is 6.07 Å². The molecule has 0 spiro atoms. The minimum Gasteiger partial charge on any atom is -0.352 e. The summed E-state index contributed by atoms with van der Waals surface area (Å²) >= 11 is 0. The number of aryl methyl sites for hydroxylation is 1. The number of hydrogen-bond donors (Lipinski definition) is 2. The van der Waals surface area contributed by atoms with E-state index in [0.29, 0.717) is 42.6 Å². The molecule has 2 aromatic rings. The van der Waals surface area contributed by atoms with Gasteiger partial charge in [0.25, 0.3) is 0 Å². The second-order valence-electron chi connectivity index (χ2n) is 7.48. The molecule has 1 heterocycles. The van der Waals surface area contributed by atoms with Crippen molar-refractivity contribution in [1.82, 2.24) is 14.9 Å². The van der Waals surface area contributed by atoms with Crippen LogP contribution in [0.15, 0.2) is 52.4 Å². The number of guanidine groups is 1. The van der Waals surface area contributed by atoms with Crippen molar-refractivity contribution in [2.45, 2.75) is 44.2 Å². The molecular formula is C22H29FN4O2S. The lowest BCUT2D eigenvalue weighted by atomic mass is 10.1. The van der Waals surface area contributed by atoms with Crippen LogP contribution in [-0.4, -0.2) is 38.8 Å². The van der Waals surface area contributed by atoms with Gasteiger partial charge in [0.1, 0.15) is 5.82 Å². The Morgan fingerprint density at radius 3 is 2.33 bits per heavy atom. The Labute approximate surface area is 178 Å². The predicted octanol–water partition coefficient (Wildman–Crippen LogP) is 3.17. The first-order valence-electron chi connectivity index (χ1n) is 10.2. The van der Waals surface area contributed by atoms with E-state index >= 15 is 0 Å². The van der Waals surface area contributed by atoms with E-state index in [1.807, 2.05) is 12.1 Å². The topological polar surface area (TPSA) is 73.8 Å². The summed E-state index contributed by atoms with van der Waals surface area (Å²) in [5, 5.41) is 6.32. The van der Waals surface area contributed by atoms with Gasteiger partial charge < -0.3 is 10.6 Å². The summed E-state index contributed by atoms with van der Waals surface area (Å²) in [6, 6.07) is 12.1. The zero-order valence-electron chi connectivity index (χ0n) is 17.5. The van der Waals surface area contributed by atoms with Crippen LogP contribution in [-0.2, 0) is 23.1 Å². The molecule has 0 saturated carbocycles. The zero-order valence-corrected chi connectivity index (χ0v) is 18.3. The van der Waals surface area contributed by atoms with Gasteiger partial charge >= 0.3 is 0 Å². The first kappa shape index (κ1) is 22.2. The van der Waals surface area contributed by atoms with Crippen molar-refractivity contribution in [2.24, 2.45) is 4.99 Å². The van der Waals surface area contributed by atoms with Gasteiger partial charge in [-0.1, -0.05) is 30.7 Å². The van der Waals surface area contributed by atoms with Crippen LogP contribution in [0.2, 0.25) is 0 Å². The van der Waals surface area contributed by atoms with Crippen LogP contribution in [0.4, 0.5) is 4.39 Å². The summed E-state index contributed by atoms with van der Waals surface area (Å²) in [5.74, 6) is 0.323. The number of sulfonamides is 1. The quantitative estimate of drug-likeness (QED) is 0.543. The lowest BCUT2D eigenvalue weighted by molar-refractivity contribution is 0.346. The molecular weight excluding hydrogens is 403 g/mol. The summed E-state index contributed by atoms with van der Waals surface area (Å²) < 4.78 is 41.0. The molecule has 3 rings (SSSR count). The molecule has 162 valence electrons. The molecule has 0 amide bonds. The first-order valence-corrected chi connectivity index (χ1v) is 11.6. The van der Waals surface area contributed by atoms with Crippen molar-refractivity contribution < 1.29 is 12.8 Å². The second-order valence-corrected chi connectivity index (χ2v) is 9.41. The van der Waals surface area contributed by atoms with E-state index in [0.717, 1.165) is 30.4 Å². The Morgan fingerprint density at radius 2 is 1.70 bits per heavy atom. The average molecular weight is 433 g/mol. The number of piperidine rings is 1. The van der Waals surface area contributed by atoms with E-state index in [2.05, 4.69) is 15.6 Å². The molecule has 2 aromatic carbocycles. The Hall–Kier alpha value is -2.45. The van der Waals surface area contributed by atoms with Crippen molar-refractivity contribution in [2.75, 3.05) is 20.1 Å². The maximum Gasteiger partial charge on any atom is 0.243 e. The fourth-order valence-corrected chi connectivity index (χ4v) is 5.00. The summed E-state index contributed by atoms with van der Waals surface area (Å²) in [6.07, 6.45) is 2.90. The third kappa shape index (κ3) is 5.58. The fraction of sp³-hybridized carbons (Fsp3) is 0.409. The Morgan fingerprint density at radius 1 is 1.03 bits per heavy atom. The molecule has 0 radical (unpaired) electrons. The van der Waals surface area contributed by atoms with Gasteiger partial charge in [-0.3, -0.25) is 4.99 Å². The molecule has 8 heteroatoms. The molecule has 0 unspecified atom stereocenters. The summed E-state index contributed by atoms with van der Waals surface area (Å²) in [6.45, 7) is 3.75. The fourth-order valence-electron chi connectivity index (χ4n) is 3.41. The van der Waals surface area contributed by atoms with Gasteiger partial charge in [-0.2, -0.15) is 4.31 Å². The van der Waals surface area contributed by atoms with E-state index in [4.69, 9.17) is 0 Å². The van der Waals surface area contributed by atoms with Gasteiger partial charge in [-0.25, -0.2) is 12.8 Å². The molecule has 0 aliphatic carbocycles. The molecule has 0 aromatic heterocycles. The van der Waals surface area contributed by atoms with Gasteiger partial charge in [0.15, 0.2) is 5.96 Å². The van der Waals surface area contributed by atoms with E-state index in [-0.39, 0.29) is 5.82 Å². The van der Waals surface area contributed by atoms with Crippen LogP contribution >= 0.6 is 0 Å². The largest absolute Gasteiger partial charge is 0.352 e. The third-order valence-electron chi connectivity index (χ3n) is 5.23. The average Bonchev–Trinajstić information content (AvgIpc) is 2.77. The van der Waals surface area contributed by atoms with Crippen LogP contribution < -0.4 is 10.6 Å². The molecule has 1 fully saturated rings. The van der Waals surface area contributed by atoms with Gasteiger partial charge in [-0.15, -0.1) is 0 Å². The van der Waals surface area contributed by atoms with E-state index in [9.17, 15) is 12.8 Å². The standard InChI is InChI=1S/C22H29FN4O2S/c1-17-9-10-19(14-21(17)23)16-26-22(24-2)25-15-18-7-6-8-20(13-18)30(28,29)27-11-4-3-5-12-27/h6-10,13-14H,3-5,11-12,15-16H2,1-2H3,(H2,24,25,26). The summed E-state index contributed by atoms with van der Waals surface area (Å²) in [4.78, 5) is 4.50. The number of hydrogen-bond acceptors (Lipinski definition) is 3. The molecule has 1 aliphatic rings. The van der Waals surface area contributed by atoms with Crippen LogP contribution in [0.3, 0.4) is 0 Å². The molecule has 30 heavy (non-hydrogen) atoms. The molecule has 1 saturated heterocycles. The van der Waals surface area contributed by atoms with E-state index in [1.54, 1.807) is 42.5 Å². The molecule has 1 aliphatic heterocycles. The Kier molecular flexibility index (Phi) is 7.44. The van der Waals surface area contributed by atoms with E-state index < -0.39 is 10.0 Å². The van der Waals surface area contributed by atoms with Gasteiger partial charge in [0, 0.05) is 33.2 Å². The van der Waals surface area contributed by atoms with Crippen LogP contribution in [0.25, 0.3) is 0 Å². The van der Waals surface area contributed by atoms with Crippen LogP contribution in [0.1, 0.15) is 36.0 Å². The zero-order chi connectivity index (χ0) is 21.6. The highest BCUT2D eigenvalue weighted by Gasteiger charge is 2.25. The van der Waals surface area contributed by atoms with Crippen molar-refractivity contribution >= 4 is 16.0 Å². The first-order chi connectivity index (χ1) is 14.4. The highest BCUT2D eigenvalue weighted by molar-refractivity contribution is 7.89. The smallest absolute Gasteiger partial charge is 0.243 e. The molecule has 2 N–H and O–H groups in total. The van der Waals surface area contributed by atoms with Crippen molar-refractivity contribution in [3.05, 3.63) is 65.0 Å². The number of aliphatic imine (C=N–C) groups is 1. The maximum atomic E-state index is 13.7. The monoisotopic (exact) mass is 432 g/mol. The number of nitrogens with one attached hydrogen (secondary N) is 2. The number of rotatable bonds is 6. The van der Waals surface area contributed by atoms with Gasteiger partial charge in [0.2, 0.25) is 10.0 Å². The lowest BCUT2D eigenvalue weighted by Gasteiger charge is -2.26. The molecule has 0 bridgehead atoms. The van der Waals surface area contributed by atoms with Crippen molar-refractivity contribution in [3.8, 4) is 0 Å². The normalized spacial score (nSPS) is 15.8.